The fourth-order valence-corrected chi connectivity index (χ4v) is 1.37. The molecular formula is C11H17Cl2NO3. The Morgan fingerprint density at radius 1 is 1.24 bits per heavy atom. The Bertz CT molecular complexity index is 299. The zero-order valence-electron chi connectivity index (χ0n) is 10.2. The molecule has 0 fully saturated rings. The van der Waals surface area contributed by atoms with Gasteiger partial charge in [0.1, 0.15) is 5.57 Å². The molecule has 0 amide bonds. The maximum Gasteiger partial charge on any atom is 0.343 e. The lowest BCUT2D eigenvalue weighted by Crippen LogP contribution is -2.25. The van der Waals surface area contributed by atoms with Crippen LogP contribution in [0.3, 0.4) is 0 Å². The number of carbonyl (C=O) groups excluding carboxylic acids is 2. The first-order valence-corrected chi connectivity index (χ1v) is 6.30. The molecule has 0 aliphatic carbocycles. The average Bonchev–Trinajstić information content (AvgIpc) is 2.30. The number of rotatable bonds is 7. The van der Waals surface area contributed by atoms with Gasteiger partial charge in [-0.05, 0) is 20.8 Å². The molecule has 0 rings (SSSR count). The van der Waals surface area contributed by atoms with Crippen LogP contribution in [0.25, 0.3) is 0 Å². The summed E-state index contributed by atoms with van der Waals surface area (Å²) in [7, 11) is 0. The van der Waals surface area contributed by atoms with Crippen LogP contribution in [0, 0.1) is 0 Å². The van der Waals surface area contributed by atoms with Crippen LogP contribution in [0.2, 0.25) is 0 Å². The molecule has 0 aromatic rings. The van der Waals surface area contributed by atoms with Crippen molar-refractivity contribution in [2.75, 3.05) is 19.7 Å². The van der Waals surface area contributed by atoms with E-state index in [4.69, 9.17) is 27.9 Å². The standard InChI is InChI=1S/C11H17Cl2NO3/c1-4-14(5-2)7-8(9(15)10(12)13)11(16)17-6-3/h7,10H,4-6H2,1-3H3/b8-7+. The van der Waals surface area contributed by atoms with E-state index in [0.29, 0.717) is 13.1 Å². The summed E-state index contributed by atoms with van der Waals surface area (Å²) in [6.45, 7) is 7.01. The first-order chi connectivity index (χ1) is 7.97. The summed E-state index contributed by atoms with van der Waals surface area (Å²) in [4.78, 5) is 23.8. The quantitative estimate of drug-likeness (QED) is 0.236. The largest absolute Gasteiger partial charge is 0.462 e. The third kappa shape index (κ3) is 5.41. The highest BCUT2D eigenvalue weighted by atomic mass is 35.5. The molecule has 0 radical (unpaired) electrons. The summed E-state index contributed by atoms with van der Waals surface area (Å²) in [5.41, 5.74) is -0.120. The first kappa shape index (κ1) is 16.3. The van der Waals surface area contributed by atoms with Crippen molar-refractivity contribution in [3.63, 3.8) is 0 Å². The van der Waals surface area contributed by atoms with Crippen molar-refractivity contribution in [1.29, 1.82) is 0 Å². The van der Waals surface area contributed by atoms with Gasteiger partial charge in [-0.15, -0.1) is 0 Å². The second-order valence-corrected chi connectivity index (χ2v) is 4.25. The molecular weight excluding hydrogens is 265 g/mol. The zero-order valence-corrected chi connectivity index (χ0v) is 11.7. The Hall–Kier alpha value is -0.740. The number of esters is 1. The van der Waals surface area contributed by atoms with E-state index in [1.807, 2.05) is 13.8 Å². The molecule has 0 spiro atoms. The van der Waals surface area contributed by atoms with Gasteiger partial charge in [-0.1, -0.05) is 23.2 Å². The first-order valence-electron chi connectivity index (χ1n) is 5.43. The van der Waals surface area contributed by atoms with Gasteiger partial charge in [0, 0.05) is 19.3 Å². The predicted molar refractivity (Wildman–Crippen MR) is 68.1 cm³/mol. The summed E-state index contributed by atoms with van der Waals surface area (Å²) in [5, 5.41) is 0. The molecule has 0 heterocycles. The van der Waals surface area contributed by atoms with E-state index in [-0.39, 0.29) is 12.2 Å². The molecule has 0 saturated heterocycles. The molecule has 0 unspecified atom stereocenters. The molecule has 0 saturated carbocycles. The molecule has 4 nitrogen and oxygen atoms in total. The van der Waals surface area contributed by atoms with Gasteiger partial charge in [0.2, 0.25) is 5.78 Å². The lowest BCUT2D eigenvalue weighted by atomic mass is 10.2. The summed E-state index contributed by atoms with van der Waals surface area (Å²) in [5.74, 6) is -1.34. The number of ether oxygens (including phenoxy) is 1. The van der Waals surface area contributed by atoms with Crippen LogP contribution in [0.5, 0.6) is 0 Å². The maximum atomic E-state index is 11.7. The highest BCUT2D eigenvalue weighted by Gasteiger charge is 2.25. The van der Waals surface area contributed by atoms with E-state index in [1.54, 1.807) is 11.8 Å². The Morgan fingerprint density at radius 3 is 2.12 bits per heavy atom. The molecule has 0 aliphatic heterocycles. The van der Waals surface area contributed by atoms with Crippen LogP contribution >= 0.6 is 23.2 Å². The van der Waals surface area contributed by atoms with Crippen LogP contribution in [0.4, 0.5) is 0 Å². The number of hydrogen-bond acceptors (Lipinski definition) is 4. The number of alkyl halides is 2. The minimum absolute atomic E-state index is 0.120. The molecule has 6 heteroatoms. The van der Waals surface area contributed by atoms with E-state index in [0.717, 1.165) is 0 Å². The van der Waals surface area contributed by atoms with E-state index < -0.39 is 16.6 Å². The molecule has 98 valence electrons. The van der Waals surface area contributed by atoms with Crippen molar-refractivity contribution in [2.24, 2.45) is 0 Å². The van der Waals surface area contributed by atoms with Crippen molar-refractivity contribution in [2.45, 2.75) is 25.6 Å². The van der Waals surface area contributed by atoms with Gasteiger partial charge in [-0.25, -0.2) is 4.79 Å². The third-order valence-electron chi connectivity index (χ3n) is 2.08. The SMILES string of the molecule is CCOC(=O)/C(=C/N(CC)CC)C(=O)C(Cl)Cl. The maximum absolute atomic E-state index is 11.7. The van der Waals surface area contributed by atoms with Crippen molar-refractivity contribution in [3.8, 4) is 0 Å². The summed E-state index contributed by atoms with van der Waals surface area (Å²) >= 11 is 11.0. The van der Waals surface area contributed by atoms with Gasteiger partial charge in [0.05, 0.1) is 6.61 Å². The number of Topliss-reactive ketones (excluding diaryl/α,β-unsaturated/α-hetero) is 1. The lowest BCUT2D eigenvalue weighted by Gasteiger charge is -2.17. The second-order valence-electron chi connectivity index (χ2n) is 3.15. The Kier molecular flexibility index (Phi) is 8.00. The average molecular weight is 282 g/mol. The van der Waals surface area contributed by atoms with Gasteiger partial charge in [0.25, 0.3) is 0 Å². The minimum Gasteiger partial charge on any atom is -0.462 e. The second kappa shape index (κ2) is 8.37. The number of hydrogen-bond donors (Lipinski definition) is 0. The molecule has 0 bridgehead atoms. The molecule has 17 heavy (non-hydrogen) atoms. The minimum atomic E-state index is -1.26. The van der Waals surface area contributed by atoms with Crippen molar-refractivity contribution in [1.82, 2.24) is 4.90 Å². The number of nitrogens with zero attached hydrogens (tertiary/aromatic N) is 1. The highest BCUT2D eigenvalue weighted by Crippen LogP contribution is 2.13. The summed E-state index contributed by atoms with van der Waals surface area (Å²) in [6.07, 6.45) is 1.44. The van der Waals surface area contributed by atoms with E-state index in [2.05, 4.69) is 0 Å². The van der Waals surface area contributed by atoms with Crippen molar-refractivity contribution in [3.05, 3.63) is 11.8 Å². The number of carbonyl (C=O) groups is 2. The third-order valence-corrected chi connectivity index (χ3v) is 2.48. The Labute approximate surface area is 112 Å². The summed E-state index contributed by atoms with van der Waals surface area (Å²) in [6, 6.07) is 0. The fraction of sp³-hybridized carbons (Fsp3) is 0.636. The molecule has 0 atom stereocenters. The number of halogens is 2. The van der Waals surface area contributed by atoms with Crippen LogP contribution < -0.4 is 0 Å². The topological polar surface area (TPSA) is 46.6 Å². The van der Waals surface area contributed by atoms with Crippen molar-refractivity contribution < 1.29 is 14.3 Å². The Balaban J connectivity index is 5.09. The van der Waals surface area contributed by atoms with Crippen LogP contribution in [-0.2, 0) is 14.3 Å². The molecule has 0 aromatic heterocycles. The van der Waals surface area contributed by atoms with E-state index in [9.17, 15) is 9.59 Å². The van der Waals surface area contributed by atoms with Gasteiger partial charge in [-0.3, -0.25) is 4.79 Å². The van der Waals surface area contributed by atoms with Crippen molar-refractivity contribution >= 4 is 35.0 Å². The van der Waals surface area contributed by atoms with E-state index >= 15 is 0 Å². The highest BCUT2D eigenvalue weighted by molar-refractivity contribution is 6.56. The van der Waals surface area contributed by atoms with Gasteiger partial charge in [-0.2, -0.15) is 0 Å². The normalized spacial score (nSPS) is 11.5. The van der Waals surface area contributed by atoms with Gasteiger partial charge in [0.15, 0.2) is 4.84 Å². The Morgan fingerprint density at radius 2 is 1.76 bits per heavy atom. The van der Waals surface area contributed by atoms with Gasteiger partial charge >= 0.3 is 5.97 Å². The van der Waals surface area contributed by atoms with Crippen LogP contribution in [-0.4, -0.2) is 41.2 Å². The van der Waals surface area contributed by atoms with Crippen LogP contribution in [0.15, 0.2) is 11.8 Å². The number of ketones is 1. The summed E-state index contributed by atoms with van der Waals surface area (Å²) < 4.78 is 4.79. The van der Waals surface area contributed by atoms with Crippen LogP contribution in [0.1, 0.15) is 20.8 Å². The monoisotopic (exact) mass is 281 g/mol. The predicted octanol–water partition coefficient (Wildman–Crippen LogP) is 2.15. The van der Waals surface area contributed by atoms with Gasteiger partial charge < -0.3 is 9.64 Å². The lowest BCUT2D eigenvalue weighted by molar-refractivity contribution is -0.140. The molecule has 0 aromatic carbocycles. The smallest absolute Gasteiger partial charge is 0.343 e. The molecule has 0 N–H and O–H groups in total. The fourth-order valence-electron chi connectivity index (χ4n) is 1.13. The molecule has 0 aliphatic rings. The van der Waals surface area contributed by atoms with E-state index in [1.165, 1.54) is 6.20 Å². The zero-order chi connectivity index (χ0) is 13.4.